The van der Waals surface area contributed by atoms with Crippen molar-refractivity contribution in [2.45, 2.75) is 19.8 Å². The minimum atomic E-state index is 0.343. The molecule has 1 fully saturated rings. The summed E-state index contributed by atoms with van der Waals surface area (Å²) < 4.78 is 0. The SMILES string of the molecule is Cc1nc(-c2ccccc2)cc(N2CCC(=O)CC2)n1. The van der Waals surface area contributed by atoms with Crippen molar-refractivity contribution in [3.63, 3.8) is 0 Å². The van der Waals surface area contributed by atoms with E-state index in [-0.39, 0.29) is 0 Å². The lowest BCUT2D eigenvalue weighted by Gasteiger charge is -2.27. The highest BCUT2D eigenvalue weighted by Crippen LogP contribution is 2.23. The number of hydrogen-bond acceptors (Lipinski definition) is 4. The number of benzene rings is 1. The van der Waals surface area contributed by atoms with E-state index in [1.165, 1.54) is 0 Å². The van der Waals surface area contributed by atoms with Crippen LogP contribution in [0.5, 0.6) is 0 Å². The predicted molar refractivity (Wildman–Crippen MR) is 78.7 cm³/mol. The molecule has 1 aliphatic rings. The molecule has 0 N–H and O–H groups in total. The van der Waals surface area contributed by atoms with Crippen LogP contribution >= 0.6 is 0 Å². The minimum absolute atomic E-state index is 0.343. The standard InChI is InChI=1S/C16H17N3O/c1-12-17-15(13-5-3-2-4-6-13)11-16(18-12)19-9-7-14(20)8-10-19/h2-6,11H,7-10H2,1H3. The number of Topliss-reactive ketones (excluding diaryl/α,β-unsaturated/α-hetero) is 1. The van der Waals surface area contributed by atoms with Crippen LogP contribution in [-0.2, 0) is 4.79 Å². The molecule has 102 valence electrons. The smallest absolute Gasteiger partial charge is 0.136 e. The third-order valence-corrected chi connectivity index (χ3v) is 3.54. The van der Waals surface area contributed by atoms with Gasteiger partial charge in [0.2, 0.25) is 0 Å². The maximum Gasteiger partial charge on any atom is 0.136 e. The number of anilines is 1. The van der Waals surface area contributed by atoms with Gasteiger partial charge in [-0.1, -0.05) is 30.3 Å². The summed E-state index contributed by atoms with van der Waals surface area (Å²) in [5.74, 6) is 2.03. The van der Waals surface area contributed by atoms with Gasteiger partial charge in [0.15, 0.2) is 0 Å². The van der Waals surface area contributed by atoms with Gasteiger partial charge in [0, 0.05) is 37.6 Å². The zero-order valence-electron chi connectivity index (χ0n) is 11.5. The summed E-state index contributed by atoms with van der Waals surface area (Å²) in [6, 6.07) is 12.1. The molecule has 20 heavy (non-hydrogen) atoms. The average molecular weight is 267 g/mol. The molecular formula is C16H17N3O. The van der Waals surface area contributed by atoms with Gasteiger partial charge in [0.25, 0.3) is 0 Å². The quantitative estimate of drug-likeness (QED) is 0.839. The first-order chi connectivity index (χ1) is 9.72. The topological polar surface area (TPSA) is 46.1 Å². The molecule has 2 aromatic rings. The van der Waals surface area contributed by atoms with Crippen LogP contribution in [0, 0.1) is 6.92 Å². The number of rotatable bonds is 2. The number of aromatic nitrogens is 2. The maximum absolute atomic E-state index is 11.3. The molecule has 0 unspecified atom stereocenters. The molecule has 1 saturated heterocycles. The Balaban J connectivity index is 1.93. The van der Waals surface area contributed by atoms with Crippen LogP contribution in [-0.4, -0.2) is 28.8 Å². The van der Waals surface area contributed by atoms with Crippen molar-refractivity contribution in [3.05, 3.63) is 42.2 Å². The average Bonchev–Trinajstić information content (AvgIpc) is 2.48. The van der Waals surface area contributed by atoms with Crippen LogP contribution in [0.1, 0.15) is 18.7 Å². The van der Waals surface area contributed by atoms with Gasteiger partial charge in [-0.2, -0.15) is 0 Å². The Morgan fingerprint density at radius 2 is 1.75 bits per heavy atom. The number of ketones is 1. The van der Waals surface area contributed by atoms with E-state index in [0.717, 1.165) is 36.0 Å². The number of piperidine rings is 1. The number of hydrogen-bond donors (Lipinski definition) is 0. The largest absolute Gasteiger partial charge is 0.356 e. The van der Waals surface area contributed by atoms with E-state index >= 15 is 0 Å². The second-order valence-corrected chi connectivity index (χ2v) is 5.05. The molecular weight excluding hydrogens is 250 g/mol. The van der Waals surface area contributed by atoms with Crippen LogP contribution in [0.2, 0.25) is 0 Å². The summed E-state index contributed by atoms with van der Waals surface area (Å²) in [4.78, 5) is 22.5. The lowest BCUT2D eigenvalue weighted by atomic mass is 10.1. The number of nitrogens with zero attached hydrogens (tertiary/aromatic N) is 3. The van der Waals surface area contributed by atoms with Gasteiger partial charge in [-0.15, -0.1) is 0 Å². The van der Waals surface area contributed by atoms with Crippen LogP contribution in [0.15, 0.2) is 36.4 Å². The predicted octanol–water partition coefficient (Wildman–Crippen LogP) is 2.62. The highest BCUT2D eigenvalue weighted by Gasteiger charge is 2.18. The molecule has 4 heteroatoms. The van der Waals surface area contributed by atoms with E-state index in [0.29, 0.717) is 18.6 Å². The molecule has 3 rings (SSSR count). The molecule has 1 aliphatic heterocycles. The monoisotopic (exact) mass is 267 g/mol. The Kier molecular flexibility index (Phi) is 3.46. The first kappa shape index (κ1) is 12.8. The Morgan fingerprint density at radius 1 is 1.05 bits per heavy atom. The fourth-order valence-electron chi connectivity index (χ4n) is 2.46. The highest BCUT2D eigenvalue weighted by molar-refractivity contribution is 5.81. The molecule has 0 saturated carbocycles. The van der Waals surface area contributed by atoms with Crippen LogP contribution in [0.3, 0.4) is 0 Å². The summed E-state index contributed by atoms with van der Waals surface area (Å²) in [6.45, 7) is 3.41. The fourth-order valence-corrected chi connectivity index (χ4v) is 2.46. The van der Waals surface area contributed by atoms with E-state index in [1.54, 1.807) is 0 Å². The van der Waals surface area contributed by atoms with E-state index in [2.05, 4.69) is 14.9 Å². The zero-order valence-corrected chi connectivity index (χ0v) is 11.5. The van der Waals surface area contributed by atoms with E-state index in [9.17, 15) is 4.79 Å². The van der Waals surface area contributed by atoms with Crippen molar-refractivity contribution in [1.29, 1.82) is 0 Å². The number of aryl methyl sites for hydroxylation is 1. The van der Waals surface area contributed by atoms with E-state index in [4.69, 9.17) is 0 Å². The van der Waals surface area contributed by atoms with E-state index < -0.39 is 0 Å². The molecule has 2 heterocycles. The summed E-state index contributed by atoms with van der Waals surface area (Å²) in [5, 5.41) is 0. The van der Waals surface area contributed by atoms with Crippen molar-refractivity contribution in [1.82, 2.24) is 9.97 Å². The summed E-state index contributed by atoms with van der Waals surface area (Å²) in [7, 11) is 0. The Morgan fingerprint density at radius 3 is 2.45 bits per heavy atom. The molecule has 0 aliphatic carbocycles. The molecule has 0 bridgehead atoms. The third kappa shape index (κ3) is 2.69. The van der Waals surface area contributed by atoms with Crippen molar-refractivity contribution in [3.8, 4) is 11.3 Å². The molecule has 0 atom stereocenters. The molecule has 4 nitrogen and oxygen atoms in total. The third-order valence-electron chi connectivity index (χ3n) is 3.54. The van der Waals surface area contributed by atoms with Crippen LogP contribution < -0.4 is 4.90 Å². The minimum Gasteiger partial charge on any atom is -0.356 e. The Bertz CT molecular complexity index is 615. The van der Waals surface area contributed by atoms with Gasteiger partial charge in [0.05, 0.1) is 5.69 Å². The molecule has 0 spiro atoms. The molecule has 0 amide bonds. The number of carbonyl (C=O) groups excluding carboxylic acids is 1. The highest BCUT2D eigenvalue weighted by atomic mass is 16.1. The summed E-state index contributed by atoms with van der Waals surface area (Å²) in [5.41, 5.74) is 2.03. The summed E-state index contributed by atoms with van der Waals surface area (Å²) >= 11 is 0. The van der Waals surface area contributed by atoms with Gasteiger partial charge >= 0.3 is 0 Å². The van der Waals surface area contributed by atoms with Crippen molar-refractivity contribution in [2.24, 2.45) is 0 Å². The maximum atomic E-state index is 11.3. The lowest BCUT2D eigenvalue weighted by molar-refractivity contribution is -0.119. The van der Waals surface area contributed by atoms with Crippen molar-refractivity contribution < 1.29 is 4.79 Å². The van der Waals surface area contributed by atoms with Gasteiger partial charge < -0.3 is 4.90 Å². The normalized spacial score (nSPS) is 15.4. The second-order valence-electron chi connectivity index (χ2n) is 5.05. The van der Waals surface area contributed by atoms with Gasteiger partial charge in [-0.25, -0.2) is 9.97 Å². The lowest BCUT2D eigenvalue weighted by Crippen LogP contribution is -2.34. The van der Waals surface area contributed by atoms with E-state index in [1.807, 2.05) is 43.3 Å². The first-order valence-corrected chi connectivity index (χ1v) is 6.90. The van der Waals surface area contributed by atoms with Gasteiger partial charge in [0.1, 0.15) is 17.4 Å². The zero-order chi connectivity index (χ0) is 13.9. The second kappa shape index (κ2) is 5.41. The summed E-state index contributed by atoms with van der Waals surface area (Å²) in [6.07, 6.45) is 1.23. The van der Waals surface area contributed by atoms with Crippen LogP contribution in [0.25, 0.3) is 11.3 Å². The first-order valence-electron chi connectivity index (χ1n) is 6.90. The van der Waals surface area contributed by atoms with Crippen molar-refractivity contribution >= 4 is 11.6 Å². The van der Waals surface area contributed by atoms with Gasteiger partial charge in [-0.05, 0) is 6.92 Å². The Hall–Kier alpha value is -2.23. The van der Waals surface area contributed by atoms with Crippen molar-refractivity contribution in [2.75, 3.05) is 18.0 Å². The van der Waals surface area contributed by atoms with Crippen LogP contribution in [0.4, 0.5) is 5.82 Å². The Labute approximate surface area is 118 Å². The number of carbonyl (C=O) groups is 1. The molecule has 0 radical (unpaired) electrons. The molecule has 1 aromatic heterocycles. The molecule has 1 aromatic carbocycles. The van der Waals surface area contributed by atoms with Gasteiger partial charge in [-0.3, -0.25) is 4.79 Å². The fraction of sp³-hybridized carbons (Fsp3) is 0.312.